The molecule has 42 heavy (non-hydrogen) atoms. The van der Waals surface area contributed by atoms with Gasteiger partial charge in [0, 0.05) is 45.2 Å². The first-order valence-electron chi connectivity index (χ1n) is 13.6. The van der Waals surface area contributed by atoms with E-state index < -0.39 is 70.4 Å². The Bertz CT molecular complexity index is 1430. The molecule has 230 valence electrons. The molecule has 1 aliphatic carbocycles. The zero-order chi connectivity index (χ0) is 30.3. The fourth-order valence-corrected chi connectivity index (χ4v) is 6.19. The van der Waals surface area contributed by atoms with Crippen molar-refractivity contribution in [2.24, 2.45) is 5.41 Å². The number of rotatable bonds is 8. The van der Waals surface area contributed by atoms with Crippen LogP contribution in [0, 0.1) is 5.41 Å². The van der Waals surface area contributed by atoms with E-state index in [4.69, 9.17) is 5.11 Å². The van der Waals surface area contributed by atoms with Gasteiger partial charge in [0.15, 0.2) is 0 Å². The van der Waals surface area contributed by atoms with Crippen LogP contribution in [-0.4, -0.2) is 73.9 Å². The molecule has 1 amide bonds. The number of piperidine rings is 2. The van der Waals surface area contributed by atoms with Crippen molar-refractivity contribution in [3.8, 4) is 0 Å². The molecule has 16 heteroatoms. The van der Waals surface area contributed by atoms with Crippen LogP contribution < -0.4 is 19.8 Å². The van der Waals surface area contributed by atoms with Gasteiger partial charge in [-0.2, -0.15) is 13.2 Å². The summed E-state index contributed by atoms with van der Waals surface area (Å²) in [5.41, 5.74) is 0.0567. The van der Waals surface area contributed by atoms with Gasteiger partial charge in [0.1, 0.15) is 11.4 Å². The molecule has 10 nitrogen and oxygen atoms in total. The number of halogens is 5. The van der Waals surface area contributed by atoms with Crippen molar-refractivity contribution in [3.05, 3.63) is 35.8 Å². The third-order valence-corrected chi connectivity index (χ3v) is 9.34. The first-order valence-corrected chi connectivity index (χ1v) is 15.2. The normalized spacial score (nSPS) is 20.0. The predicted octanol–water partition coefficient (Wildman–Crippen LogP) is 4.10. The largest absolute Gasteiger partial charge is 0.421 e. The van der Waals surface area contributed by atoms with Gasteiger partial charge in [-0.3, -0.25) is 9.52 Å². The third kappa shape index (κ3) is 6.85. The molecule has 2 aliphatic heterocycles. The second-order valence-corrected chi connectivity index (χ2v) is 12.9. The van der Waals surface area contributed by atoms with Crippen molar-refractivity contribution in [1.29, 1.82) is 0 Å². The van der Waals surface area contributed by atoms with E-state index in [1.165, 1.54) is 12.1 Å². The summed E-state index contributed by atoms with van der Waals surface area (Å²) in [5.74, 6) is -5.64. The van der Waals surface area contributed by atoms with Gasteiger partial charge in [-0.25, -0.2) is 27.2 Å². The van der Waals surface area contributed by atoms with E-state index in [1.54, 1.807) is 6.07 Å². The van der Waals surface area contributed by atoms with Crippen LogP contribution in [0.1, 0.15) is 54.7 Å². The number of nitrogens with one attached hydrogen (secondary N) is 2. The zero-order valence-electron chi connectivity index (χ0n) is 22.6. The van der Waals surface area contributed by atoms with Gasteiger partial charge in [-0.15, -0.1) is 0 Å². The molecule has 1 spiro atoms. The van der Waals surface area contributed by atoms with Gasteiger partial charge in [0.05, 0.1) is 29.4 Å². The first-order chi connectivity index (χ1) is 19.7. The molecule has 3 heterocycles. The highest BCUT2D eigenvalue weighted by Gasteiger charge is 2.45. The van der Waals surface area contributed by atoms with Gasteiger partial charge >= 0.3 is 6.18 Å². The molecule has 5 rings (SSSR count). The van der Waals surface area contributed by atoms with Crippen LogP contribution in [0.3, 0.4) is 0 Å². The summed E-state index contributed by atoms with van der Waals surface area (Å²) in [6.45, 7) is -0.0171. The lowest BCUT2D eigenvalue weighted by atomic mass is 9.93. The van der Waals surface area contributed by atoms with E-state index in [1.807, 2.05) is 4.90 Å². The summed E-state index contributed by atoms with van der Waals surface area (Å²) in [5, 5.41) is 11.7. The summed E-state index contributed by atoms with van der Waals surface area (Å²) in [6.07, 6.45) is -1.56. The SMILES string of the molecule is O=C(Nc1ccc(NS(=O)(=O)CCO)cc1N1CCC2(CC1)CC2)c1ncc(C(F)(F)F)c(N2CCC(F)(F)CC2)n1. The maximum Gasteiger partial charge on any atom is 0.421 e. The maximum absolute atomic E-state index is 13.7. The average Bonchev–Trinajstić information content (AvgIpc) is 3.67. The molecule has 3 aliphatic rings. The lowest BCUT2D eigenvalue weighted by Crippen LogP contribution is -2.41. The molecule has 0 unspecified atom stereocenters. The number of hydrogen-bond donors (Lipinski definition) is 3. The summed E-state index contributed by atoms with van der Waals surface area (Å²) in [6, 6.07) is 4.42. The summed E-state index contributed by atoms with van der Waals surface area (Å²) in [4.78, 5) is 23.8. The average molecular weight is 619 g/mol. The van der Waals surface area contributed by atoms with E-state index in [9.17, 15) is 35.2 Å². The van der Waals surface area contributed by atoms with Gasteiger partial charge in [0.2, 0.25) is 15.8 Å². The topological polar surface area (TPSA) is 128 Å². The number of nitrogens with zero attached hydrogens (tertiary/aromatic N) is 4. The number of aliphatic hydroxyl groups excluding tert-OH is 1. The Hall–Kier alpha value is -3.27. The highest BCUT2D eigenvalue weighted by molar-refractivity contribution is 7.92. The van der Waals surface area contributed by atoms with Crippen molar-refractivity contribution in [3.63, 3.8) is 0 Å². The predicted molar refractivity (Wildman–Crippen MR) is 145 cm³/mol. The number of alkyl halides is 5. The fraction of sp³-hybridized carbons (Fsp3) is 0.577. The van der Waals surface area contributed by atoms with Crippen LogP contribution >= 0.6 is 0 Å². The quantitative estimate of drug-likeness (QED) is 0.378. The Morgan fingerprint density at radius 1 is 1.00 bits per heavy atom. The first kappa shape index (κ1) is 30.2. The molecule has 0 atom stereocenters. The molecule has 1 saturated carbocycles. The van der Waals surface area contributed by atoms with Crippen LogP contribution in [0.4, 0.5) is 44.8 Å². The number of carbonyl (C=O) groups excluding carboxylic acids is 1. The Kier molecular flexibility index (Phi) is 7.98. The van der Waals surface area contributed by atoms with Gasteiger partial charge in [-0.1, -0.05) is 0 Å². The standard InChI is InChI=1S/C26H31F5N6O4S/c27-25(28)7-11-37(12-8-25)22-18(26(29,30)31)16-32-21(34-22)23(39)33-19-2-1-17(35-42(40,41)14-13-38)15-20(19)36-9-5-24(3-4-24)6-10-36/h1-2,15-16,35,38H,3-14H2,(H,33,39). The van der Waals surface area contributed by atoms with Gasteiger partial charge < -0.3 is 20.2 Å². The molecule has 0 radical (unpaired) electrons. The van der Waals surface area contributed by atoms with Crippen molar-refractivity contribution in [1.82, 2.24) is 9.97 Å². The molecular weight excluding hydrogens is 587 g/mol. The number of aliphatic hydroxyl groups is 1. The van der Waals surface area contributed by atoms with E-state index in [0.29, 0.717) is 30.4 Å². The third-order valence-electron chi connectivity index (χ3n) is 8.07. The minimum Gasteiger partial charge on any atom is -0.395 e. The smallest absolute Gasteiger partial charge is 0.395 e. The van der Waals surface area contributed by atoms with Crippen LogP contribution in [-0.2, 0) is 16.2 Å². The van der Waals surface area contributed by atoms with Crippen LogP contribution in [0.5, 0.6) is 0 Å². The molecule has 0 bridgehead atoms. The highest BCUT2D eigenvalue weighted by Crippen LogP contribution is 2.54. The number of aromatic nitrogens is 2. The lowest BCUT2D eigenvalue weighted by molar-refractivity contribution is -0.137. The van der Waals surface area contributed by atoms with Crippen LogP contribution in [0.15, 0.2) is 24.4 Å². The summed E-state index contributed by atoms with van der Waals surface area (Å²) >= 11 is 0. The molecule has 1 aromatic heterocycles. The number of carbonyl (C=O) groups is 1. The van der Waals surface area contributed by atoms with E-state index in [0.717, 1.165) is 30.6 Å². The Morgan fingerprint density at radius 2 is 1.64 bits per heavy atom. The number of benzene rings is 1. The van der Waals surface area contributed by atoms with E-state index in [2.05, 4.69) is 20.0 Å². The lowest BCUT2D eigenvalue weighted by Gasteiger charge is -2.35. The Balaban J connectivity index is 1.43. The highest BCUT2D eigenvalue weighted by atomic mass is 32.2. The van der Waals surface area contributed by atoms with Crippen molar-refractivity contribution < 1.29 is 40.3 Å². The van der Waals surface area contributed by atoms with Gasteiger partial charge in [0.25, 0.3) is 11.8 Å². The second-order valence-electron chi connectivity index (χ2n) is 11.1. The zero-order valence-corrected chi connectivity index (χ0v) is 23.4. The summed E-state index contributed by atoms with van der Waals surface area (Å²) < 4.78 is 95.4. The van der Waals surface area contributed by atoms with Crippen molar-refractivity contribution in [2.75, 3.05) is 58.4 Å². The number of sulfonamides is 1. The number of anilines is 4. The summed E-state index contributed by atoms with van der Waals surface area (Å²) in [7, 11) is -3.83. The Morgan fingerprint density at radius 3 is 2.24 bits per heavy atom. The molecule has 1 aromatic carbocycles. The maximum atomic E-state index is 13.7. The monoisotopic (exact) mass is 618 g/mol. The van der Waals surface area contributed by atoms with Crippen molar-refractivity contribution >= 4 is 38.8 Å². The molecule has 2 aromatic rings. The number of hydrogen-bond acceptors (Lipinski definition) is 8. The minimum atomic E-state index is -4.87. The van der Waals surface area contributed by atoms with E-state index in [-0.39, 0.29) is 24.5 Å². The van der Waals surface area contributed by atoms with Crippen LogP contribution in [0.25, 0.3) is 0 Å². The molecular formula is C26H31F5N6O4S. The fourth-order valence-electron chi connectivity index (χ4n) is 5.36. The van der Waals surface area contributed by atoms with Crippen molar-refractivity contribution in [2.45, 2.75) is 50.6 Å². The molecule has 3 N–H and O–H groups in total. The minimum absolute atomic E-state index is 0.207. The molecule has 3 fully saturated rings. The molecule has 2 saturated heterocycles. The van der Waals surface area contributed by atoms with Crippen LogP contribution in [0.2, 0.25) is 0 Å². The van der Waals surface area contributed by atoms with Gasteiger partial charge in [-0.05, 0) is 49.3 Å². The second kappa shape index (κ2) is 11.1. The van der Waals surface area contributed by atoms with E-state index >= 15 is 0 Å². The number of amides is 1. The Labute approximate surface area is 239 Å².